The van der Waals surface area contributed by atoms with Crippen LogP contribution in [0.25, 0.3) is 22.6 Å². The van der Waals surface area contributed by atoms with E-state index in [2.05, 4.69) is 36.3 Å². The molecule has 158 valence electrons. The largest absolute Gasteiger partial charge is 0.491 e. The van der Waals surface area contributed by atoms with Crippen molar-refractivity contribution in [2.24, 2.45) is 0 Å². The van der Waals surface area contributed by atoms with E-state index < -0.39 is 0 Å². The third-order valence-corrected chi connectivity index (χ3v) is 4.94. The van der Waals surface area contributed by atoms with E-state index in [1.807, 2.05) is 56.3 Å². The lowest BCUT2D eigenvalue weighted by atomic mass is 10.0. The van der Waals surface area contributed by atoms with Gasteiger partial charge in [0.1, 0.15) is 11.3 Å². The minimum absolute atomic E-state index is 0.0451. The number of amides is 1. The van der Waals surface area contributed by atoms with Crippen molar-refractivity contribution in [1.29, 1.82) is 0 Å². The molecule has 0 saturated heterocycles. The zero-order chi connectivity index (χ0) is 22.0. The summed E-state index contributed by atoms with van der Waals surface area (Å²) in [5.74, 6) is 1.50. The minimum Gasteiger partial charge on any atom is -0.491 e. The molecule has 3 aromatic carbocycles. The molecule has 1 heterocycles. The minimum atomic E-state index is -0.207. The molecule has 31 heavy (non-hydrogen) atoms. The number of rotatable bonds is 6. The van der Waals surface area contributed by atoms with Crippen LogP contribution >= 0.6 is 0 Å². The highest BCUT2D eigenvalue weighted by molar-refractivity contribution is 6.05. The molecule has 4 rings (SSSR count). The van der Waals surface area contributed by atoms with E-state index in [1.54, 1.807) is 12.1 Å². The fourth-order valence-electron chi connectivity index (χ4n) is 3.33. The molecule has 0 aliphatic carbocycles. The number of nitrogens with zero attached hydrogens (tertiary/aromatic N) is 1. The van der Waals surface area contributed by atoms with Gasteiger partial charge in [0.05, 0.1) is 6.10 Å². The number of hydrogen-bond donors (Lipinski definition) is 1. The molecule has 0 fully saturated rings. The number of aromatic nitrogens is 1. The zero-order valence-corrected chi connectivity index (χ0v) is 18.2. The number of fused-ring (bicyclic) bond motifs is 1. The first kappa shape index (κ1) is 20.7. The van der Waals surface area contributed by atoms with Gasteiger partial charge in [-0.15, -0.1) is 0 Å². The monoisotopic (exact) mass is 414 g/mol. The van der Waals surface area contributed by atoms with Crippen LogP contribution in [0, 0.1) is 0 Å². The topological polar surface area (TPSA) is 64.4 Å². The van der Waals surface area contributed by atoms with Gasteiger partial charge in [-0.1, -0.05) is 32.0 Å². The van der Waals surface area contributed by atoms with Gasteiger partial charge < -0.3 is 14.5 Å². The molecule has 1 aromatic heterocycles. The smallest absolute Gasteiger partial charge is 0.255 e. The van der Waals surface area contributed by atoms with Gasteiger partial charge in [0.2, 0.25) is 5.89 Å². The Hall–Kier alpha value is -3.60. The van der Waals surface area contributed by atoms with Crippen LogP contribution in [0.3, 0.4) is 0 Å². The number of benzene rings is 3. The van der Waals surface area contributed by atoms with Crippen LogP contribution in [-0.4, -0.2) is 17.0 Å². The molecular formula is C26H26N2O3. The lowest BCUT2D eigenvalue weighted by Gasteiger charge is -2.11. The van der Waals surface area contributed by atoms with Crippen LogP contribution in [0.4, 0.5) is 5.69 Å². The molecule has 0 spiro atoms. The number of carbonyl (C=O) groups is 1. The molecule has 0 radical (unpaired) electrons. The van der Waals surface area contributed by atoms with Crippen molar-refractivity contribution in [3.63, 3.8) is 0 Å². The van der Waals surface area contributed by atoms with E-state index in [4.69, 9.17) is 9.15 Å². The standard InChI is InChI=1S/C26H26N2O3/c1-16(2)18-8-10-19(11-9-18)26-28-23-15-21(12-13-24(23)31-26)27-25(29)20-6-5-7-22(14-20)30-17(3)4/h5-17H,1-4H3,(H,27,29). The summed E-state index contributed by atoms with van der Waals surface area (Å²) in [5.41, 5.74) is 4.75. The first-order valence-electron chi connectivity index (χ1n) is 10.5. The second-order valence-electron chi connectivity index (χ2n) is 8.13. The fraction of sp³-hybridized carbons (Fsp3) is 0.231. The Kier molecular flexibility index (Phi) is 5.76. The second kappa shape index (κ2) is 8.64. The molecule has 1 amide bonds. The Balaban J connectivity index is 1.53. The normalized spacial score (nSPS) is 11.3. The highest BCUT2D eigenvalue weighted by Gasteiger charge is 2.12. The van der Waals surface area contributed by atoms with Crippen LogP contribution in [0.2, 0.25) is 0 Å². The molecule has 5 nitrogen and oxygen atoms in total. The van der Waals surface area contributed by atoms with E-state index in [0.29, 0.717) is 39.9 Å². The summed E-state index contributed by atoms with van der Waals surface area (Å²) in [4.78, 5) is 17.3. The van der Waals surface area contributed by atoms with E-state index in [-0.39, 0.29) is 12.0 Å². The molecule has 0 aliphatic heterocycles. The molecule has 0 aliphatic rings. The summed E-state index contributed by atoms with van der Waals surface area (Å²) in [6.07, 6.45) is 0.0451. The second-order valence-corrected chi connectivity index (χ2v) is 8.13. The number of ether oxygens (including phenoxy) is 1. The van der Waals surface area contributed by atoms with Crippen molar-refractivity contribution in [3.05, 3.63) is 77.9 Å². The van der Waals surface area contributed by atoms with Crippen molar-refractivity contribution < 1.29 is 13.9 Å². The molecule has 1 N–H and O–H groups in total. The molecule has 0 atom stereocenters. The maximum Gasteiger partial charge on any atom is 0.255 e. The Morgan fingerprint density at radius 1 is 0.968 bits per heavy atom. The lowest BCUT2D eigenvalue weighted by molar-refractivity contribution is 0.102. The van der Waals surface area contributed by atoms with Crippen molar-refractivity contribution in [2.75, 3.05) is 5.32 Å². The first-order chi connectivity index (χ1) is 14.9. The van der Waals surface area contributed by atoms with E-state index in [0.717, 1.165) is 5.56 Å². The summed E-state index contributed by atoms with van der Waals surface area (Å²) in [6, 6.07) is 20.8. The van der Waals surface area contributed by atoms with Crippen LogP contribution < -0.4 is 10.1 Å². The van der Waals surface area contributed by atoms with Gasteiger partial charge in [-0.25, -0.2) is 4.98 Å². The van der Waals surface area contributed by atoms with Gasteiger partial charge in [0.25, 0.3) is 5.91 Å². The predicted octanol–water partition coefficient (Wildman–Crippen LogP) is 6.66. The fourth-order valence-corrected chi connectivity index (χ4v) is 3.33. The SMILES string of the molecule is CC(C)Oc1cccc(C(=O)Nc2ccc3oc(-c4ccc(C(C)C)cc4)nc3c2)c1. The molecular weight excluding hydrogens is 388 g/mol. The summed E-state index contributed by atoms with van der Waals surface area (Å²) in [6.45, 7) is 8.23. The van der Waals surface area contributed by atoms with Gasteiger partial charge >= 0.3 is 0 Å². The highest BCUT2D eigenvalue weighted by atomic mass is 16.5. The van der Waals surface area contributed by atoms with E-state index >= 15 is 0 Å². The summed E-state index contributed by atoms with van der Waals surface area (Å²) >= 11 is 0. The van der Waals surface area contributed by atoms with E-state index in [1.165, 1.54) is 5.56 Å². The molecule has 0 bridgehead atoms. The Morgan fingerprint density at radius 2 is 1.74 bits per heavy atom. The highest BCUT2D eigenvalue weighted by Crippen LogP contribution is 2.28. The third-order valence-electron chi connectivity index (χ3n) is 4.94. The molecule has 4 aromatic rings. The number of nitrogens with one attached hydrogen (secondary N) is 1. The average Bonchev–Trinajstić information content (AvgIpc) is 3.17. The summed E-state index contributed by atoms with van der Waals surface area (Å²) in [5, 5.41) is 2.92. The van der Waals surface area contributed by atoms with Gasteiger partial charge in [-0.3, -0.25) is 4.79 Å². The Bertz CT molecular complexity index is 1210. The van der Waals surface area contributed by atoms with E-state index in [9.17, 15) is 4.79 Å². The molecule has 0 unspecified atom stereocenters. The molecule has 5 heteroatoms. The Morgan fingerprint density at radius 3 is 2.45 bits per heavy atom. The number of carbonyl (C=O) groups excluding carboxylic acids is 1. The first-order valence-corrected chi connectivity index (χ1v) is 10.5. The van der Waals surface area contributed by atoms with Gasteiger partial charge in [-0.05, 0) is 73.9 Å². The van der Waals surface area contributed by atoms with Gasteiger partial charge in [0.15, 0.2) is 5.58 Å². The average molecular weight is 415 g/mol. The van der Waals surface area contributed by atoms with Crippen LogP contribution in [0.15, 0.2) is 71.1 Å². The number of anilines is 1. The van der Waals surface area contributed by atoms with Gasteiger partial charge in [0, 0.05) is 16.8 Å². The summed E-state index contributed by atoms with van der Waals surface area (Å²) < 4.78 is 11.6. The van der Waals surface area contributed by atoms with Crippen LogP contribution in [-0.2, 0) is 0 Å². The van der Waals surface area contributed by atoms with Crippen molar-refractivity contribution >= 4 is 22.7 Å². The lowest BCUT2D eigenvalue weighted by Crippen LogP contribution is -2.12. The number of oxazole rings is 1. The number of hydrogen-bond acceptors (Lipinski definition) is 4. The zero-order valence-electron chi connectivity index (χ0n) is 18.2. The summed E-state index contributed by atoms with van der Waals surface area (Å²) in [7, 11) is 0. The Labute approximate surface area is 182 Å². The maximum atomic E-state index is 12.7. The van der Waals surface area contributed by atoms with Crippen LogP contribution in [0.1, 0.15) is 49.5 Å². The van der Waals surface area contributed by atoms with Crippen molar-refractivity contribution in [2.45, 2.75) is 39.7 Å². The molecule has 0 saturated carbocycles. The predicted molar refractivity (Wildman–Crippen MR) is 124 cm³/mol. The quantitative estimate of drug-likeness (QED) is 0.383. The van der Waals surface area contributed by atoms with Crippen LogP contribution in [0.5, 0.6) is 5.75 Å². The van der Waals surface area contributed by atoms with Crippen molar-refractivity contribution in [3.8, 4) is 17.2 Å². The van der Waals surface area contributed by atoms with Gasteiger partial charge in [-0.2, -0.15) is 0 Å². The third kappa shape index (κ3) is 4.77. The van der Waals surface area contributed by atoms with Crippen molar-refractivity contribution in [1.82, 2.24) is 4.98 Å². The maximum absolute atomic E-state index is 12.7.